The second-order valence-corrected chi connectivity index (χ2v) is 32.7. The summed E-state index contributed by atoms with van der Waals surface area (Å²) in [5, 5.41) is 0. The van der Waals surface area contributed by atoms with Crippen LogP contribution in [0.1, 0.15) is 450 Å². The number of phosphoric acid groups is 1. The maximum absolute atomic E-state index is 12.9. The first-order valence-electron chi connectivity index (χ1n) is 44.0. The van der Waals surface area contributed by atoms with E-state index in [1.165, 1.54) is 353 Å². The van der Waals surface area contributed by atoms with Gasteiger partial charge in [-0.25, -0.2) is 4.57 Å². The van der Waals surface area contributed by atoms with Gasteiger partial charge in [0.25, 0.3) is 0 Å². The van der Waals surface area contributed by atoms with E-state index < -0.39 is 26.5 Å². The van der Waals surface area contributed by atoms with Crippen LogP contribution in [-0.4, -0.2) is 74.9 Å². The van der Waals surface area contributed by atoms with Crippen molar-refractivity contribution in [1.82, 2.24) is 0 Å². The second-order valence-electron chi connectivity index (χ2n) is 31.3. The topological polar surface area (TPSA) is 108 Å². The molecular formula is C90H171NO8P+. The van der Waals surface area contributed by atoms with E-state index in [1.54, 1.807) is 0 Å². The van der Waals surface area contributed by atoms with Crippen LogP contribution in [0.15, 0.2) is 60.8 Å². The number of carbonyl (C=O) groups is 2. The van der Waals surface area contributed by atoms with E-state index in [4.69, 9.17) is 18.5 Å². The van der Waals surface area contributed by atoms with Crippen molar-refractivity contribution in [3.05, 3.63) is 60.8 Å². The molecule has 0 saturated heterocycles. The van der Waals surface area contributed by atoms with Gasteiger partial charge < -0.3 is 18.9 Å². The summed E-state index contributed by atoms with van der Waals surface area (Å²) in [4.78, 5) is 36.1. The zero-order chi connectivity index (χ0) is 72.5. The van der Waals surface area contributed by atoms with E-state index in [1.807, 2.05) is 21.1 Å². The summed E-state index contributed by atoms with van der Waals surface area (Å²) in [7, 11) is 1.50. The highest BCUT2D eigenvalue weighted by Crippen LogP contribution is 2.43. The minimum Gasteiger partial charge on any atom is -0.462 e. The van der Waals surface area contributed by atoms with E-state index in [0.717, 1.165) is 64.2 Å². The van der Waals surface area contributed by atoms with E-state index in [2.05, 4.69) is 74.6 Å². The predicted octanol–water partition coefficient (Wildman–Crippen LogP) is 29.6. The van der Waals surface area contributed by atoms with Crippen LogP contribution < -0.4 is 0 Å². The van der Waals surface area contributed by atoms with Crippen LogP contribution in [0.4, 0.5) is 0 Å². The quantitative estimate of drug-likeness (QED) is 0.0211. The Kier molecular flexibility index (Phi) is 78.9. The fourth-order valence-electron chi connectivity index (χ4n) is 13.4. The number of likely N-dealkylation sites (N-methyl/N-ethyl adjacent to an activating group) is 1. The van der Waals surface area contributed by atoms with Gasteiger partial charge in [0.15, 0.2) is 6.10 Å². The number of hydrogen-bond donors (Lipinski definition) is 1. The monoisotopic (exact) mass is 1430 g/mol. The molecule has 0 rings (SSSR count). The minimum atomic E-state index is -4.40. The molecule has 1 N–H and O–H groups in total. The van der Waals surface area contributed by atoms with Crippen molar-refractivity contribution in [3.63, 3.8) is 0 Å². The summed E-state index contributed by atoms with van der Waals surface area (Å²) in [6, 6.07) is 0. The lowest BCUT2D eigenvalue weighted by Gasteiger charge is -2.24. The second kappa shape index (κ2) is 80.8. The summed E-state index contributed by atoms with van der Waals surface area (Å²) >= 11 is 0. The molecular weight excluding hydrogens is 1250 g/mol. The predicted molar refractivity (Wildman–Crippen MR) is 436 cm³/mol. The number of hydrogen-bond acceptors (Lipinski definition) is 7. The third kappa shape index (κ3) is 84.6. The lowest BCUT2D eigenvalue weighted by molar-refractivity contribution is -0.870. The highest BCUT2D eigenvalue weighted by Gasteiger charge is 2.27. The van der Waals surface area contributed by atoms with Crippen molar-refractivity contribution in [2.45, 2.75) is 457 Å². The molecule has 0 aromatic heterocycles. The molecule has 0 amide bonds. The number of quaternary nitrogens is 1. The molecule has 0 aliphatic heterocycles. The Labute approximate surface area is 623 Å². The Balaban J connectivity index is 3.85. The van der Waals surface area contributed by atoms with Crippen molar-refractivity contribution < 1.29 is 42.1 Å². The number of phosphoric ester groups is 1. The average molecular weight is 1430 g/mol. The normalized spacial score (nSPS) is 13.2. The van der Waals surface area contributed by atoms with Crippen LogP contribution in [0.5, 0.6) is 0 Å². The van der Waals surface area contributed by atoms with Gasteiger partial charge in [0.2, 0.25) is 0 Å². The first-order chi connectivity index (χ1) is 49.0. The number of nitrogens with zero attached hydrogens (tertiary/aromatic N) is 1. The van der Waals surface area contributed by atoms with Crippen molar-refractivity contribution in [1.29, 1.82) is 0 Å². The Morgan fingerprint density at radius 3 is 0.850 bits per heavy atom. The molecule has 2 unspecified atom stereocenters. The van der Waals surface area contributed by atoms with Gasteiger partial charge in [-0.15, -0.1) is 0 Å². The molecule has 2 atom stereocenters. The molecule has 9 nitrogen and oxygen atoms in total. The van der Waals surface area contributed by atoms with E-state index in [0.29, 0.717) is 23.9 Å². The molecule has 100 heavy (non-hydrogen) atoms. The zero-order valence-corrected chi connectivity index (χ0v) is 68.4. The third-order valence-electron chi connectivity index (χ3n) is 20.1. The average Bonchev–Trinajstić information content (AvgIpc) is 1.07. The van der Waals surface area contributed by atoms with Gasteiger partial charge in [0.05, 0.1) is 27.7 Å². The lowest BCUT2D eigenvalue weighted by atomic mass is 10.0. The van der Waals surface area contributed by atoms with Gasteiger partial charge in [0.1, 0.15) is 19.8 Å². The molecule has 0 aliphatic carbocycles. The maximum atomic E-state index is 12.9. The van der Waals surface area contributed by atoms with Crippen LogP contribution in [0.2, 0.25) is 0 Å². The standard InChI is InChI=1S/C90H170NO8P/c1-6-8-10-12-14-16-18-20-22-24-26-28-30-32-34-36-38-40-42-44-45-47-49-51-53-55-57-59-61-63-65-67-69-71-73-75-77-79-81-83-90(93)99-88(87-98-100(94,95)97-85-84-91(3,4)5)86-96-89(92)82-80-78-76-74-72-70-68-66-64-62-60-58-56-54-52-50-48-46-43-41-39-37-35-33-31-29-27-25-23-21-19-17-15-13-11-9-7-2/h8,10,14,16,20,22,26,28,32,34,88H,6-7,9,11-13,15,17-19,21,23-25,27,29-31,33,35-87H2,1-5H3/p+1/b10-8-,16-14-,22-20-,28-26-,34-32-. The van der Waals surface area contributed by atoms with Crippen LogP contribution in [0.3, 0.4) is 0 Å². The van der Waals surface area contributed by atoms with Crippen molar-refractivity contribution in [2.24, 2.45) is 0 Å². The number of ether oxygens (including phenoxy) is 2. The van der Waals surface area contributed by atoms with Gasteiger partial charge in [-0.05, 0) is 57.8 Å². The maximum Gasteiger partial charge on any atom is 0.472 e. The van der Waals surface area contributed by atoms with Crippen molar-refractivity contribution in [3.8, 4) is 0 Å². The fourth-order valence-corrected chi connectivity index (χ4v) is 14.1. The Bertz CT molecular complexity index is 1870. The molecule has 0 aromatic carbocycles. The molecule has 0 heterocycles. The molecule has 0 radical (unpaired) electrons. The van der Waals surface area contributed by atoms with E-state index in [-0.39, 0.29) is 25.6 Å². The number of rotatable bonds is 83. The van der Waals surface area contributed by atoms with Gasteiger partial charge in [0, 0.05) is 12.8 Å². The van der Waals surface area contributed by atoms with E-state index >= 15 is 0 Å². The highest BCUT2D eigenvalue weighted by atomic mass is 31.2. The lowest BCUT2D eigenvalue weighted by Crippen LogP contribution is -2.37. The Hall–Kier alpha value is -2.29. The Morgan fingerprint density at radius 1 is 0.320 bits per heavy atom. The molecule has 0 aliphatic rings. The highest BCUT2D eigenvalue weighted by molar-refractivity contribution is 7.47. The molecule has 0 bridgehead atoms. The van der Waals surface area contributed by atoms with Crippen LogP contribution in [0.25, 0.3) is 0 Å². The Morgan fingerprint density at radius 2 is 0.570 bits per heavy atom. The fraction of sp³-hybridized carbons (Fsp3) is 0.867. The summed E-state index contributed by atoms with van der Waals surface area (Å²) in [5.41, 5.74) is 0. The SMILES string of the molecule is CC/C=C\C/C=C\C/C=C\C/C=C\C/C=C\CCCCCCCCCCCCCCCCCCCCCCCCCC(=O)OC(COC(=O)CCCCCCCCCCCCCCCCCCCCCCCCCCCCCCCCCCCCCCC)COP(=O)(O)OCC[N+](C)(C)C. The number of esters is 2. The van der Waals surface area contributed by atoms with Crippen LogP contribution in [0, 0.1) is 0 Å². The first-order valence-corrected chi connectivity index (χ1v) is 45.5. The van der Waals surface area contributed by atoms with Gasteiger partial charge in [-0.2, -0.15) is 0 Å². The summed E-state index contributed by atoms with van der Waals surface area (Å²) in [6.07, 6.45) is 110. The summed E-state index contributed by atoms with van der Waals surface area (Å²) in [5.74, 6) is -0.770. The van der Waals surface area contributed by atoms with E-state index in [9.17, 15) is 19.0 Å². The van der Waals surface area contributed by atoms with Gasteiger partial charge in [-0.3, -0.25) is 18.6 Å². The van der Waals surface area contributed by atoms with Crippen LogP contribution in [-0.2, 0) is 32.7 Å². The molecule has 588 valence electrons. The molecule has 0 fully saturated rings. The number of allylic oxidation sites excluding steroid dienone is 10. The van der Waals surface area contributed by atoms with Gasteiger partial charge in [-0.1, -0.05) is 441 Å². The summed E-state index contributed by atoms with van der Waals surface area (Å²) < 4.78 is 34.9. The largest absolute Gasteiger partial charge is 0.472 e. The molecule has 0 spiro atoms. The molecule has 10 heteroatoms. The van der Waals surface area contributed by atoms with Crippen molar-refractivity contribution >= 4 is 19.8 Å². The summed E-state index contributed by atoms with van der Waals surface area (Å²) in [6.45, 7) is 4.41. The zero-order valence-electron chi connectivity index (χ0n) is 67.5. The number of carbonyl (C=O) groups excluding carboxylic acids is 2. The smallest absolute Gasteiger partial charge is 0.462 e. The first kappa shape index (κ1) is 97.7. The minimum absolute atomic E-state index is 0.0348. The van der Waals surface area contributed by atoms with Crippen molar-refractivity contribution in [2.75, 3.05) is 47.5 Å². The van der Waals surface area contributed by atoms with Crippen LogP contribution >= 0.6 is 7.82 Å². The van der Waals surface area contributed by atoms with Gasteiger partial charge >= 0.3 is 19.8 Å². The number of unbranched alkanes of at least 4 members (excludes halogenated alkanes) is 59. The third-order valence-corrected chi connectivity index (χ3v) is 21.0. The molecule has 0 aromatic rings. The molecule has 0 saturated carbocycles.